The average Bonchev–Trinajstić information content (AvgIpc) is 3.04. The lowest BCUT2D eigenvalue weighted by atomic mass is 10.2. The van der Waals surface area contributed by atoms with Gasteiger partial charge in [-0.05, 0) is 12.1 Å². The molecule has 1 aromatic carbocycles. The lowest BCUT2D eigenvalue weighted by molar-refractivity contribution is 0.220. The summed E-state index contributed by atoms with van der Waals surface area (Å²) in [5, 5.41) is 7.11. The van der Waals surface area contributed by atoms with Crippen LogP contribution in [-0.4, -0.2) is 33.1 Å². The molecular formula is C16H14ClN5O2. The van der Waals surface area contributed by atoms with Crippen molar-refractivity contribution in [2.24, 2.45) is 0 Å². The number of carbonyl (C=O) groups excluding carboxylic acids is 1. The van der Waals surface area contributed by atoms with E-state index in [9.17, 15) is 4.79 Å². The highest BCUT2D eigenvalue weighted by molar-refractivity contribution is 6.30. The fourth-order valence-corrected chi connectivity index (χ4v) is 2.23. The maximum absolute atomic E-state index is 12.2. The number of nitrogens with zero attached hydrogens (tertiary/aromatic N) is 4. The number of urea groups is 1. The van der Waals surface area contributed by atoms with Crippen LogP contribution in [-0.2, 0) is 6.54 Å². The van der Waals surface area contributed by atoms with E-state index in [2.05, 4.69) is 20.4 Å². The van der Waals surface area contributed by atoms with Crippen LogP contribution < -0.4 is 5.32 Å². The van der Waals surface area contributed by atoms with Gasteiger partial charge in [-0.1, -0.05) is 28.9 Å². The van der Waals surface area contributed by atoms with Gasteiger partial charge in [0.15, 0.2) is 11.6 Å². The Kier molecular flexibility index (Phi) is 4.72. The number of amides is 2. The van der Waals surface area contributed by atoms with Crippen LogP contribution in [0.15, 0.2) is 53.4 Å². The molecule has 3 aromatic rings. The van der Waals surface area contributed by atoms with Crippen molar-refractivity contribution in [3.05, 3.63) is 59.6 Å². The van der Waals surface area contributed by atoms with E-state index in [1.54, 1.807) is 43.8 Å². The van der Waals surface area contributed by atoms with Crippen LogP contribution in [0.2, 0.25) is 5.02 Å². The lowest BCUT2D eigenvalue weighted by Gasteiger charge is -2.15. The Morgan fingerprint density at radius 3 is 2.96 bits per heavy atom. The van der Waals surface area contributed by atoms with Crippen molar-refractivity contribution in [3.8, 4) is 11.3 Å². The summed E-state index contributed by atoms with van der Waals surface area (Å²) in [6.07, 6.45) is 4.77. The number of hydrogen-bond acceptors (Lipinski definition) is 5. The van der Waals surface area contributed by atoms with Crippen molar-refractivity contribution >= 4 is 23.4 Å². The smallest absolute Gasteiger partial charge is 0.323 e. The summed E-state index contributed by atoms with van der Waals surface area (Å²) in [6, 6.07) is 8.50. The summed E-state index contributed by atoms with van der Waals surface area (Å²) < 4.78 is 5.24. The number of benzene rings is 1. The van der Waals surface area contributed by atoms with Crippen molar-refractivity contribution in [1.82, 2.24) is 20.0 Å². The summed E-state index contributed by atoms with van der Waals surface area (Å²) >= 11 is 5.95. The predicted molar refractivity (Wildman–Crippen MR) is 89.5 cm³/mol. The Morgan fingerprint density at radius 2 is 2.21 bits per heavy atom. The first-order valence-corrected chi connectivity index (χ1v) is 7.49. The minimum absolute atomic E-state index is 0.320. The molecule has 8 heteroatoms. The Labute approximate surface area is 143 Å². The van der Waals surface area contributed by atoms with Crippen LogP contribution in [0.5, 0.6) is 0 Å². The fraction of sp³-hybridized carbons (Fsp3) is 0.125. The molecule has 0 aliphatic heterocycles. The molecule has 0 unspecified atom stereocenters. The summed E-state index contributed by atoms with van der Waals surface area (Å²) in [5.74, 6) is 0.838. The SMILES string of the molecule is CN(Cc1cnccn1)C(=O)Nc1cc(-c2cccc(Cl)c2)on1. The van der Waals surface area contributed by atoms with E-state index < -0.39 is 0 Å². The summed E-state index contributed by atoms with van der Waals surface area (Å²) in [6.45, 7) is 0.332. The first-order chi connectivity index (χ1) is 11.6. The maximum Gasteiger partial charge on any atom is 0.323 e. The van der Waals surface area contributed by atoms with Gasteiger partial charge in [0.25, 0.3) is 0 Å². The van der Waals surface area contributed by atoms with Crippen LogP contribution in [0.3, 0.4) is 0 Å². The van der Waals surface area contributed by atoms with E-state index in [-0.39, 0.29) is 6.03 Å². The van der Waals surface area contributed by atoms with E-state index in [1.165, 1.54) is 4.90 Å². The van der Waals surface area contributed by atoms with Crippen LogP contribution >= 0.6 is 11.6 Å². The molecule has 0 atom stereocenters. The molecule has 0 aliphatic rings. The van der Waals surface area contributed by atoms with E-state index in [1.807, 2.05) is 12.1 Å². The highest BCUT2D eigenvalue weighted by atomic mass is 35.5. The van der Waals surface area contributed by atoms with Crippen LogP contribution in [0.1, 0.15) is 5.69 Å². The van der Waals surface area contributed by atoms with Gasteiger partial charge < -0.3 is 9.42 Å². The Morgan fingerprint density at radius 1 is 1.33 bits per heavy atom. The summed E-state index contributed by atoms with van der Waals surface area (Å²) in [5.41, 5.74) is 1.47. The van der Waals surface area contributed by atoms with E-state index >= 15 is 0 Å². The molecule has 2 heterocycles. The van der Waals surface area contributed by atoms with Gasteiger partial charge in [-0.3, -0.25) is 15.3 Å². The van der Waals surface area contributed by atoms with Crippen molar-refractivity contribution < 1.29 is 9.32 Å². The van der Waals surface area contributed by atoms with Crippen molar-refractivity contribution in [3.63, 3.8) is 0 Å². The van der Waals surface area contributed by atoms with Crippen LogP contribution in [0.25, 0.3) is 11.3 Å². The molecule has 1 N–H and O–H groups in total. The predicted octanol–water partition coefficient (Wildman–Crippen LogP) is 3.45. The zero-order valence-corrected chi connectivity index (χ0v) is 13.6. The van der Waals surface area contributed by atoms with E-state index in [4.69, 9.17) is 16.1 Å². The molecule has 24 heavy (non-hydrogen) atoms. The van der Waals surface area contributed by atoms with Gasteiger partial charge in [0.1, 0.15) is 0 Å². The number of rotatable bonds is 4. The lowest BCUT2D eigenvalue weighted by Crippen LogP contribution is -2.31. The third-order valence-corrected chi connectivity index (χ3v) is 3.45. The molecule has 2 amide bonds. The quantitative estimate of drug-likeness (QED) is 0.784. The topological polar surface area (TPSA) is 84.2 Å². The number of hydrogen-bond donors (Lipinski definition) is 1. The first kappa shape index (κ1) is 15.9. The number of carbonyl (C=O) groups is 1. The van der Waals surface area contributed by atoms with E-state index in [0.29, 0.717) is 28.8 Å². The molecule has 0 bridgehead atoms. The normalized spacial score (nSPS) is 10.4. The molecule has 3 rings (SSSR count). The molecule has 0 radical (unpaired) electrons. The molecule has 0 aliphatic carbocycles. The Balaban J connectivity index is 1.65. The molecule has 122 valence electrons. The number of anilines is 1. The largest absolute Gasteiger partial charge is 0.354 e. The number of halogens is 1. The number of nitrogens with one attached hydrogen (secondary N) is 1. The maximum atomic E-state index is 12.2. The average molecular weight is 344 g/mol. The minimum atomic E-state index is -0.327. The van der Waals surface area contributed by atoms with Gasteiger partial charge in [-0.2, -0.15) is 0 Å². The van der Waals surface area contributed by atoms with Gasteiger partial charge in [-0.25, -0.2) is 4.79 Å². The third-order valence-electron chi connectivity index (χ3n) is 3.22. The minimum Gasteiger partial charge on any atom is -0.354 e. The zero-order valence-electron chi connectivity index (χ0n) is 12.8. The van der Waals surface area contributed by atoms with Gasteiger partial charge in [0.2, 0.25) is 0 Å². The molecule has 0 fully saturated rings. The van der Waals surface area contributed by atoms with Gasteiger partial charge in [-0.15, -0.1) is 0 Å². The fourth-order valence-electron chi connectivity index (χ4n) is 2.04. The third kappa shape index (κ3) is 3.88. The highest BCUT2D eigenvalue weighted by Gasteiger charge is 2.13. The van der Waals surface area contributed by atoms with Crippen LogP contribution in [0.4, 0.5) is 10.6 Å². The highest BCUT2D eigenvalue weighted by Crippen LogP contribution is 2.25. The Hall–Kier alpha value is -2.93. The van der Waals surface area contributed by atoms with E-state index in [0.717, 1.165) is 5.56 Å². The molecule has 0 saturated heterocycles. The standard InChI is InChI=1S/C16H14ClN5O2/c1-22(10-13-9-18-5-6-19-13)16(23)20-15-8-14(24-21-15)11-3-2-4-12(17)7-11/h2-9H,10H2,1H3,(H,20,21,23). The Bertz CT molecular complexity index is 837. The van der Waals surface area contributed by atoms with Crippen molar-refractivity contribution in [2.45, 2.75) is 6.54 Å². The second kappa shape index (κ2) is 7.10. The van der Waals surface area contributed by atoms with Gasteiger partial charge in [0, 0.05) is 36.1 Å². The summed E-state index contributed by atoms with van der Waals surface area (Å²) in [7, 11) is 1.65. The van der Waals surface area contributed by atoms with Crippen molar-refractivity contribution in [1.29, 1.82) is 0 Å². The zero-order chi connectivity index (χ0) is 16.9. The molecule has 0 saturated carbocycles. The first-order valence-electron chi connectivity index (χ1n) is 7.11. The summed E-state index contributed by atoms with van der Waals surface area (Å²) in [4.78, 5) is 21.7. The van der Waals surface area contributed by atoms with Gasteiger partial charge >= 0.3 is 6.03 Å². The second-order valence-corrected chi connectivity index (χ2v) is 5.51. The van der Waals surface area contributed by atoms with Gasteiger partial charge in [0.05, 0.1) is 18.4 Å². The van der Waals surface area contributed by atoms with Crippen molar-refractivity contribution in [2.75, 3.05) is 12.4 Å². The molecule has 0 spiro atoms. The van der Waals surface area contributed by atoms with Crippen LogP contribution in [0, 0.1) is 0 Å². The monoisotopic (exact) mass is 343 g/mol. The molecular weight excluding hydrogens is 330 g/mol. The molecule has 7 nitrogen and oxygen atoms in total. The molecule has 2 aromatic heterocycles. The second-order valence-electron chi connectivity index (χ2n) is 5.07. The number of aromatic nitrogens is 3.